The highest BCUT2D eigenvalue weighted by molar-refractivity contribution is 6.04. The third-order valence-electron chi connectivity index (χ3n) is 7.51. The third-order valence-corrected chi connectivity index (χ3v) is 7.51. The summed E-state index contributed by atoms with van der Waals surface area (Å²) < 4.78 is 50.6. The number of nitrogens with zero attached hydrogens (tertiary/aromatic N) is 2. The second-order valence-electron chi connectivity index (χ2n) is 11.0. The molecule has 9 nitrogen and oxygen atoms in total. The van der Waals surface area contributed by atoms with Crippen LogP contribution in [0.15, 0.2) is 66.7 Å². The smallest absolute Gasteiger partial charge is 0.416 e. The summed E-state index contributed by atoms with van der Waals surface area (Å²) in [6, 6.07) is 15.4. The molecule has 1 aliphatic heterocycles. The monoisotopic (exact) mass is 614 g/mol. The van der Waals surface area contributed by atoms with Crippen LogP contribution in [0.4, 0.5) is 29.3 Å². The minimum atomic E-state index is -4.50. The lowest BCUT2D eigenvalue weighted by atomic mass is 9.99. The van der Waals surface area contributed by atoms with E-state index in [1.807, 2.05) is 38.2 Å². The Hall–Kier alpha value is -4.29. The summed E-state index contributed by atoms with van der Waals surface area (Å²) in [4.78, 5) is 30.3. The van der Waals surface area contributed by atoms with Crippen LogP contribution in [0.1, 0.15) is 35.3 Å². The van der Waals surface area contributed by atoms with E-state index in [0.29, 0.717) is 19.6 Å². The number of amides is 3. The van der Waals surface area contributed by atoms with E-state index in [9.17, 15) is 27.9 Å². The molecule has 0 aromatic heterocycles. The number of fused-ring (bicyclic) bond motifs is 1. The normalized spacial score (nSPS) is 17.7. The summed E-state index contributed by atoms with van der Waals surface area (Å²) in [6.45, 7) is 4.94. The number of benzene rings is 3. The largest absolute Gasteiger partial charge is 0.497 e. The molecule has 0 saturated heterocycles. The van der Waals surface area contributed by atoms with Crippen LogP contribution in [-0.2, 0) is 12.7 Å². The van der Waals surface area contributed by atoms with Crippen LogP contribution in [0, 0.1) is 5.92 Å². The molecule has 3 amide bonds. The zero-order valence-electron chi connectivity index (χ0n) is 25.0. The fourth-order valence-corrected chi connectivity index (χ4v) is 5.00. The average molecular weight is 615 g/mol. The lowest BCUT2D eigenvalue weighted by molar-refractivity contribution is -0.137. The molecule has 0 spiro atoms. The number of carbonyl (C=O) groups excluding carboxylic acids is 2. The number of anilines is 2. The van der Waals surface area contributed by atoms with Gasteiger partial charge in [-0.1, -0.05) is 25.1 Å². The van der Waals surface area contributed by atoms with Crippen LogP contribution in [0.25, 0.3) is 0 Å². The second kappa shape index (κ2) is 14.0. The maximum atomic E-state index is 13.7. The van der Waals surface area contributed by atoms with Gasteiger partial charge in [-0.05, 0) is 68.1 Å². The highest BCUT2D eigenvalue weighted by atomic mass is 19.4. The number of rotatable bonds is 9. The van der Waals surface area contributed by atoms with Crippen LogP contribution in [-0.4, -0.2) is 72.8 Å². The number of hydrogen-bond donors (Lipinski definition) is 3. The molecule has 44 heavy (non-hydrogen) atoms. The average Bonchev–Trinajstić information content (AvgIpc) is 2.99. The molecule has 236 valence electrons. The highest BCUT2D eigenvalue weighted by Gasteiger charge is 2.35. The first-order valence-corrected chi connectivity index (χ1v) is 14.2. The van der Waals surface area contributed by atoms with Crippen LogP contribution >= 0.6 is 0 Å². The van der Waals surface area contributed by atoms with Gasteiger partial charge in [0.05, 0.1) is 36.6 Å². The van der Waals surface area contributed by atoms with Crippen molar-refractivity contribution in [2.75, 3.05) is 44.5 Å². The molecule has 12 heteroatoms. The molecule has 4 rings (SSSR count). The molecular formula is C32H37F3N4O5. The molecule has 0 saturated carbocycles. The Morgan fingerprint density at radius 3 is 2.41 bits per heavy atom. The Morgan fingerprint density at radius 1 is 1.11 bits per heavy atom. The minimum Gasteiger partial charge on any atom is -0.497 e. The second-order valence-corrected chi connectivity index (χ2v) is 11.0. The zero-order chi connectivity index (χ0) is 32.0. The van der Waals surface area contributed by atoms with Crippen molar-refractivity contribution in [3.8, 4) is 11.5 Å². The van der Waals surface area contributed by atoms with Crippen molar-refractivity contribution in [2.24, 2.45) is 5.92 Å². The maximum absolute atomic E-state index is 13.7. The molecule has 1 heterocycles. The molecule has 1 aliphatic rings. The molecule has 3 N–H and O–H groups in total. The van der Waals surface area contributed by atoms with Gasteiger partial charge < -0.3 is 30.1 Å². The number of ether oxygens (including phenoxy) is 2. The topological polar surface area (TPSA) is 103 Å². The first-order chi connectivity index (χ1) is 20.9. The van der Waals surface area contributed by atoms with Crippen LogP contribution in [0.5, 0.6) is 11.5 Å². The Morgan fingerprint density at radius 2 is 1.80 bits per heavy atom. The van der Waals surface area contributed by atoms with Crippen molar-refractivity contribution in [1.29, 1.82) is 0 Å². The number of aliphatic hydroxyl groups is 1. The molecule has 0 bridgehead atoms. The molecule has 3 aromatic carbocycles. The Balaban J connectivity index is 1.59. The van der Waals surface area contributed by atoms with Crippen molar-refractivity contribution in [3.63, 3.8) is 0 Å². The molecule has 0 fully saturated rings. The van der Waals surface area contributed by atoms with Gasteiger partial charge in [0.1, 0.15) is 11.9 Å². The van der Waals surface area contributed by atoms with Crippen molar-refractivity contribution in [1.82, 2.24) is 9.80 Å². The molecule has 0 radical (unpaired) electrons. The van der Waals surface area contributed by atoms with E-state index in [2.05, 4.69) is 15.5 Å². The van der Waals surface area contributed by atoms with E-state index in [-0.39, 0.29) is 41.1 Å². The summed E-state index contributed by atoms with van der Waals surface area (Å²) in [7, 11) is 3.57. The van der Waals surface area contributed by atoms with Gasteiger partial charge in [0.15, 0.2) is 5.75 Å². The number of aliphatic hydroxyl groups excluding tert-OH is 1. The van der Waals surface area contributed by atoms with Crippen molar-refractivity contribution < 1.29 is 37.3 Å². The molecule has 0 unspecified atom stereocenters. The Labute approximate surface area is 254 Å². The summed E-state index contributed by atoms with van der Waals surface area (Å²) >= 11 is 0. The van der Waals surface area contributed by atoms with Crippen LogP contribution in [0.2, 0.25) is 0 Å². The first-order valence-electron chi connectivity index (χ1n) is 14.2. The Kier molecular flexibility index (Phi) is 10.4. The zero-order valence-corrected chi connectivity index (χ0v) is 25.0. The number of likely N-dealkylation sites (N-methyl/N-ethyl adjacent to an activating group) is 1. The van der Waals surface area contributed by atoms with Gasteiger partial charge in [0.25, 0.3) is 5.91 Å². The van der Waals surface area contributed by atoms with E-state index in [4.69, 9.17) is 9.47 Å². The standard InChI is InChI=1S/C32H37F3N4O5/c1-20-16-39(21(2)19-40)30(41)26-6-5-7-27(37-31(42)36-24-12-10-23(11-13-24)32(33,34)35)29(26)44-28(20)18-38(3)17-22-8-14-25(43-4)15-9-22/h5-15,20-21,28,40H,16-19H2,1-4H3,(H2,36,37,42)/t20-,21-,28-/m0/s1. The van der Waals surface area contributed by atoms with E-state index in [1.54, 1.807) is 37.1 Å². The fraction of sp³-hybridized carbons (Fsp3) is 0.375. The number of methoxy groups -OCH3 is 1. The summed E-state index contributed by atoms with van der Waals surface area (Å²) in [6.07, 6.45) is -4.91. The van der Waals surface area contributed by atoms with E-state index in [0.717, 1.165) is 35.6 Å². The van der Waals surface area contributed by atoms with Gasteiger partial charge in [-0.3, -0.25) is 9.69 Å². The summed E-state index contributed by atoms with van der Waals surface area (Å²) in [5, 5.41) is 15.1. The number of nitrogens with one attached hydrogen (secondary N) is 2. The minimum absolute atomic E-state index is 0.154. The van der Waals surface area contributed by atoms with Crippen LogP contribution in [0.3, 0.4) is 0 Å². The van der Waals surface area contributed by atoms with Crippen molar-refractivity contribution in [3.05, 3.63) is 83.4 Å². The fourth-order valence-electron chi connectivity index (χ4n) is 5.00. The Bertz CT molecular complexity index is 1430. The van der Waals surface area contributed by atoms with Crippen molar-refractivity contribution in [2.45, 2.75) is 38.7 Å². The number of hydrogen-bond acceptors (Lipinski definition) is 6. The van der Waals surface area contributed by atoms with E-state index < -0.39 is 29.9 Å². The quantitative estimate of drug-likeness (QED) is 0.285. The van der Waals surface area contributed by atoms with Gasteiger partial charge in [0.2, 0.25) is 0 Å². The van der Waals surface area contributed by atoms with Gasteiger partial charge in [-0.2, -0.15) is 13.2 Å². The van der Waals surface area contributed by atoms with Gasteiger partial charge in [-0.25, -0.2) is 4.79 Å². The summed E-state index contributed by atoms with van der Waals surface area (Å²) in [5.74, 6) is 0.415. The van der Waals surface area contributed by atoms with Crippen LogP contribution < -0.4 is 20.1 Å². The highest BCUT2D eigenvalue weighted by Crippen LogP contribution is 2.35. The van der Waals surface area contributed by atoms with E-state index in [1.165, 1.54) is 0 Å². The van der Waals surface area contributed by atoms with Gasteiger partial charge in [-0.15, -0.1) is 0 Å². The number of para-hydroxylation sites is 1. The predicted molar refractivity (Wildman–Crippen MR) is 161 cm³/mol. The van der Waals surface area contributed by atoms with Gasteiger partial charge >= 0.3 is 12.2 Å². The number of alkyl halides is 3. The summed E-state index contributed by atoms with van der Waals surface area (Å²) in [5.41, 5.74) is 0.820. The molecular weight excluding hydrogens is 577 g/mol. The molecule has 3 atom stereocenters. The predicted octanol–water partition coefficient (Wildman–Crippen LogP) is 5.71. The molecule has 3 aromatic rings. The van der Waals surface area contributed by atoms with Crippen molar-refractivity contribution >= 4 is 23.3 Å². The third kappa shape index (κ3) is 8.00. The van der Waals surface area contributed by atoms with Gasteiger partial charge in [0, 0.05) is 31.2 Å². The molecule has 0 aliphatic carbocycles. The maximum Gasteiger partial charge on any atom is 0.416 e. The number of urea groups is 1. The lowest BCUT2D eigenvalue weighted by Crippen LogP contribution is -2.49. The number of halogens is 3. The first kappa shape index (κ1) is 32.6. The SMILES string of the molecule is COc1ccc(CN(C)C[C@@H]2Oc3c(NC(=O)Nc4ccc(C(F)(F)F)cc4)cccc3C(=O)N([C@@H](C)CO)C[C@@H]2C)cc1. The van der Waals surface area contributed by atoms with E-state index >= 15 is 0 Å². The number of carbonyl (C=O) groups is 2. The lowest BCUT2D eigenvalue weighted by Gasteiger charge is -2.38.